The van der Waals surface area contributed by atoms with E-state index in [0.29, 0.717) is 6.54 Å². The van der Waals surface area contributed by atoms with Crippen LogP contribution in [0.15, 0.2) is 47.7 Å². The molecule has 1 aromatic carbocycles. The van der Waals surface area contributed by atoms with Gasteiger partial charge in [-0.1, -0.05) is 12.1 Å². The maximum atomic E-state index is 12.2. The zero-order valence-electron chi connectivity index (χ0n) is 19.8. The summed E-state index contributed by atoms with van der Waals surface area (Å²) in [5, 5.41) is 18.3. The third-order valence-electron chi connectivity index (χ3n) is 5.31. The van der Waals surface area contributed by atoms with Crippen molar-refractivity contribution in [3.8, 4) is 0 Å². The van der Waals surface area contributed by atoms with Gasteiger partial charge in [-0.2, -0.15) is 10.2 Å². The molecule has 3 rings (SSSR count). The van der Waals surface area contributed by atoms with Gasteiger partial charge in [0.25, 0.3) is 0 Å². The number of halogens is 1. The molecule has 0 bridgehead atoms. The number of nitrogens with one attached hydrogen (secondary N) is 3. The standard InChI is InChI=1S/C23H32N8O.HI/c1-16(12-21-17(2)29-30(5)18(21)3)27-23(24-4)25-14-19-8-6-9-20(13-19)28-22(32)15-31-11-7-10-26-31;/h6-11,13,16H,12,14-15H2,1-5H3,(H,28,32)(H2,24,25,27);1H. The Hall–Kier alpha value is -2.89. The summed E-state index contributed by atoms with van der Waals surface area (Å²) in [6.07, 6.45) is 4.28. The quantitative estimate of drug-likeness (QED) is 0.222. The number of rotatable bonds is 8. The summed E-state index contributed by atoms with van der Waals surface area (Å²) in [4.78, 5) is 16.5. The summed E-state index contributed by atoms with van der Waals surface area (Å²) >= 11 is 0. The molecule has 0 saturated carbocycles. The third kappa shape index (κ3) is 7.58. The topological polar surface area (TPSA) is 101 Å². The average Bonchev–Trinajstić information content (AvgIpc) is 3.34. The maximum Gasteiger partial charge on any atom is 0.246 e. The SMILES string of the molecule is CN=C(NCc1cccc(NC(=O)Cn2cccn2)c1)NC(C)Cc1c(C)nn(C)c1C.I. The number of hydrogen-bond acceptors (Lipinski definition) is 4. The van der Waals surface area contributed by atoms with E-state index in [-0.39, 0.29) is 42.5 Å². The molecular weight excluding hydrogens is 531 g/mol. The van der Waals surface area contributed by atoms with Crippen LogP contribution in [0.2, 0.25) is 0 Å². The van der Waals surface area contributed by atoms with Gasteiger partial charge in [-0.15, -0.1) is 24.0 Å². The number of nitrogens with zero attached hydrogens (tertiary/aromatic N) is 5. The monoisotopic (exact) mass is 564 g/mol. The summed E-state index contributed by atoms with van der Waals surface area (Å²) in [7, 11) is 3.73. The third-order valence-corrected chi connectivity index (χ3v) is 5.31. The molecule has 2 aromatic heterocycles. The minimum Gasteiger partial charge on any atom is -0.354 e. The minimum absolute atomic E-state index is 0. The fourth-order valence-electron chi connectivity index (χ4n) is 3.58. The normalized spacial score (nSPS) is 12.1. The molecule has 1 unspecified atom stereocenters. The van der Waals surface area contributed by atoms with Crippen molar-refractivity contribution in [3.63, 3.8) is 0 Å². The molecule has 0 spiro atoms. The summed E-state index contributed by atoms with van der Waals surface area (Å²) < 4.78 is 3.51. The molecule has 3 aromatic rings. The number of benzene rings is 1. The number of aliphatic imine (C=N–C) groups is 1. The molecule has 10 heteroatoms. The number of aryl methyl sites for hydroxylation is 2. The first-order valence-corrected chi connectivity index (χ1v) is 10.7. The smallest absolute Gasteiger partial charge is 0.246 e. The summed E-state index contributed by atoms with van der Waals surface area (Å²) in [5.74, 6) is 0.607. The molecule has 9 nitrogen and oxygen atoms in total. The number of guanidine groups is 1. The van der Waals surface area contributed by atoms with Gasteiger partial charge in [0, 0.05) is 50.5 Å². The van der Waals surface area contributed by atoms with Crippen LogP contribution >= 0.6 is 24.0 Å². The van der Waals surface area contributed by atoms with Crippen molar-refractivity contribution in [1.29, 1.82) is 0 Å². The van der Waals surface area contributed by atoms with E-state index in [1.807, 2.05) is 42.9 Å². The van der Waals surface area contributed by atoms with Crippen LogP contribution in [0.4, 0.5) is 5.69 Å². The highest BCUT2D eigenvalue weighted by Crippen LogP contribution is 2.14. The van der Waals surface area contributed by atoms with Crippen LogP contribution in [0.3, 0.4) is 0 Å². The highest BCUT2D eigenvalue weighted by Gasteiger charge is 2.14. The largest absolute Gasteiger partial charge is 0.354 e. The van der Waals surface area contributed by atoms with Crippen LogP contribution in [0, 0.1) is 13.8 Å². The molecule has 2 heterocycles. The van der Waals surface area contributed by atoms with Crippen molar-refractivity contribution >= 4 is 41.5 Å². The van der Waals surface area contributed by atoms with Crippen LogP contribution in [0.5, 0.6) is 0 Å². The number of carbonyl (C=O) groups is 1. The van der Waals surface area contributed by atoms with Crippen LogP contribution in [0.1, 0.15) is 29.4 Å². The van der Waals surface area contributed by atoms with Gasteiger partial charge in [0.15, 0.2) is 5.96 Å². The van der Waals surface area contributed by atoms with Gasteiger partial charge < -0.3 is 16.0 Å². The van der Waals surface area contributed by atoms with E-state index in [1.165, 1.54) is 11.3 Å². The van der Waals surface area contributed by atoms with Crippen molar-refractivity contribution in [2.24, 2.45) is 12.0 Å². The van der Waals surface area contributed by atoms with Crippen molar-refractivity contribution in [3.05, 3.63) is 65.2 Å². The molecule has 0 fully saturated rings. The molecule has 0 aliphatic rings. The zero-order chi connectivity index (χ0) is 23.1. The van der Waals surface area contributed by atoms with Crippen LogP contribution in [0.25, 0.3) is 0 Å². The van der Waals surface area contributed by atoms with Crippen molar-refractivity contribution < 1.29 is 4.79 Å². The number of hydrogen-bond donors (Lipinski definition) is 3. The second-order valence-corrected chi connectivity index (χ2v) is 7.90. The number of aromatic nitrogens is 4. The lowest BCUT2D eigenvalue weighted by atomic mass is 10.1. The Balaban J connectivity index is 0.00000385. The second kappa shape index (κ2) is 12.4. The second-order valence-electron chi connectivity index (χ2n) is 7.90. The molecule has 33 heavy (non-hydrogen) atoms. The van der Waals surface area contributed by atoms with Crippen LogP contribution < -0.4 is 16.0 Å². The van der Waals surface area contributed by atoms with E-state index < -0.39 is 0 Å². The Bertz CT molecular complexity index is 1070. The van der Waals surface area contributed by atoms with Gasteiger partial charge in [-0.25, -0.2) is 0 Å². The van der Waals surface area contributed by atoms with Crippen LogP contribution in [-0.4, -0.2) is 44.5 Å². The van der Waals surface area contributed by atoms with E-state index in [9.17, 15) is 4.79 Å². The van der Waals surface area contributed by atoms with Gasteiger partial charge in [0.2, 0.25) is 5.91 Å². The molecule has 0 aliphatic carbocycles. The number of amides is 1. The van der Waals surface area contributed by atoms with E-state index in [1.54, 1.807) is 30.2 Å². The summed E-state index contributed by atoms with van der Waals surface area (Å²) in [5.41, 5.74) is 5.30. The zero-order valence-corrected chi connectivity index (χ0v) is 22.1. The molecule has 0 saturated heterocycles. The molecule has 3 N–H and O–H groups in total. The van der Waals surface area contributed by atoms with Gasteiger partial charge >= 0.3 is 0 Å². The average molecular weight is 564 g/mol. The fourth-order valence-corrected chi connectivity index (χ4v) is 3.58. The molecule has 1 atom stereocenters. The predicted molar refractivity (Wildman–Crippen MR) is 142 cm³/mol. The van der Waals surface area contributed by atoms with Gasteiger partial charge in [0.1, 0.15) is 6.54 Å². The first-order valence-electron chi connectivity index (χ1n) is 10.7. The number of carbonyl (C=O) groups excluding carboxylic acids is 1. The first-order chi connectivity index (χ1) is 15.4. The lowest BCUT2D eigenvalue weighted by Crippen LogP contribution is -2.42. The molecule has 0 radical (unpaired) electrons. The Morgan fingerprint density at radius 2 is 2.03 bits per heavy atom. The Morgan fingerprint density at radius 1 is 1.24 bits per heavy atom. The molecule has 178 valence electrons. The van der Waals surface area contributed by atoms with Crippen molar-refractivity contribution in [2.75, 3.05) is 12.4 Å². The number of anilines is 1. The van der Waals surface area contributed by atoms with E-state index >= 15 is 0 Å². The van der Waals surface area contributed by atoms with Crippen molar-refractivity contribution in [1.82, 2.24) is 30.2 Å². The predicted octanol–water partition coefficient (Wildman–Crippen LogP) is 2.79. The van der Waals surface area contributed by atoms with Gasteiger partial charge in [-0.3, -0.25) is 19.2 Å². The van der Waals surface area contributed by atoms with Crippen molar-refractivity contribution in [2.45, 2.75) is 46.3 Å². The minimum atomic E-state index is -0.119. The lowest BCUT2D eigenvalue weighted by molar-refractivity contribution is -0.116. The fraction of sp³-hybridized carbons (Fsp3) is 0.391. The van der Waals surface area contributed by atoms with Gasteiger partial charge in [-0.05, 0) is 56.5 Å². The highest BCUT2D eigenvalue weighted by atomic mass is 127. The maximum absolute atomic E-state index is 12.2. The molecular formula is C23H33IN8O. The van der Waals surface area contributed by atoms with E-state index in [0.717, 1.165) is 29.3 Å². The Kier molecular flexibility index (Phi) is 9.89. The van der Waals surface area contributed by atoms with E-state index in [2.05, 4.69) is 45.0 Å². The molecule has 1 amide bonds. The lowest BCUT2D eigenvalue weighted by Gasteiger charge is -2.18. The Morgan fingerprint density at radius 3 is 2.67 bits per heavy atom. The molecule has 0 aliphatic heterocycles. The first kappa shape index (κ1) is 26.4. The summed E-state index contributed by atoms with van der Waals surface area (Å²) in [6, 6.07) is 9.74. The van der Waals surface area contributed by atoms with Gasteiger partial charge in [0.05, 0.1) is 5.69 Å². The van der Waals surface area contributed by atoms with Crippen LogP contribution in [-0.2, 0) is 31.4 Å². The summed E-state index contributed by atoms with van der Waals surface area (Å²) in [6.45, 7) is 7.04. The highest BCUT2D eigenvalue weighted by molar-refractivity contribution is 14.0. The Labute approximate surface area is 212 Å². The van der Waals surface area contributed by atoms with E-state index in [4.69, 9.17) is 0 Å².